The highest BCUT2D eigenvalue weighted by Crippen LogP contribution is 2.25. The standard InChI is InChI=1S/C15H23NO2/c1-17-9-3-8-16-14-6-4-12-5-7-15(18-2)11-13(12)10-14/h5,7,11,14,16H,3-4,6,8-10H2,1-2H3. The van der Waals surface area contributed by atoms with E-state index in [4.69, 9.17) is 9.47 Å². The van der Waals surface area contributed by atoms with E-state index < -0.39 is 0 Å². The Morgan fingerprint density at radius 3 is 2.94 bits per heavy atom. The van der Waals surface area contributed by atoms with Crippen LogP contribution in [-0.2, 0) is 17.6 Å². The number of ether oxygens (including phenoxy) is 2. The number of nitrogens with one attached hydrogen (secondary N) is 1. The van der Waals surface area contributed by atoms with Gasteiger partial charge in [-0.05, 0) is 55.5 Å². The molecule has 0 saturated carbocycles. The highest BCUT2D eigenvalue weighted by atomic mass is 16.5. The van der Waals surface area contributed by atoms with Gasteiger partial charge in [-0.25, -0.2) is 0 Å². The molecule has 0 aliphatic heterocycles. The molecule has 1 aromatic carbocycles. The van der Waals surface area contributed by atoms with Crippen molar-refractivity contribution < 1.29 is 9.47 Å². The summed E-state index contributed by atoms with van der Waals surface area (Å²) in [5.74, 6) is 0.966. The molecule has 100 valence electrons. The van der Waals surface area contributed by atoms with Crippen molar-refractivity contribution in [2.45, 2.75) is 31.7 Å². The lowest BCUT2D eigenvalue weighted by molar-refractivity contribution is 0.192. The molecule has 1 aromatic rings. The van der Waals surface area contributed by atoms with Crippen molar-refractivity contribution in [3.8, 4) is 5.75 Å². The molecule has 0 aromatic heterocycles. The Morgan fingerprint density at radius 1 is 1.28 bits per heavy atom. The van der Waals surface area contributed by atoms with Crippen molar-refractivity contribution in [3.63, 3.8) is 0 Å². The van der Waals surface area contributed by atoms with Gasteiger partial charge in [-0.3, -0.25) is 0 Å². The van der Waals surface area contributed by atoms with Gasteiger partial charge in [0.15, 0.2) is 0 Å². The number of hydrogen-bond donors (Lipinski definition) is 1. The Bertz CT molecular complexity index is 379. The fourth-order valence-electron chi connectivity index (χ4n) is 2.56. The van der Waals surface area contributed by atoms with Crippen LogP contribution in [0, 0.1) is 0 Å². The van der Waals surface area contributed by atoms with Gasteiger partial charge in [-0.2, -0.15) is 0 Å². The molecule has 0 heterocycles. The first-order valence-electron chi connectivity index (χ1n) is 6.71. The molecule has 3 nitrogen and oxygen atoms in total. The Kier molecular flexibility index (Phi) is 5.02. The Labute approximate surface area is 109 Å². The minimum Gasteiger partial charge on any atom is -0.497 e. The van der Waals surface area contributed by atoms with E-state index in [-0.39, 0.29) is 0 Å². The van der Waals surface area contributed by atoms with Crippen LogP contribution in [0.1, 0.15) is 24.0 Å². The van der Waals surface area contributed by atoms with Gasteiger partial charge < -0.3 is 14.8 Å². The molecule has 0 saturated heterocycles. The van der Waals surface area contributed by atoms with Crippen molar-refractivity contribution in [3.05, 3.63) is 29.3 Å². The molecule has 1 unspecified atom stereocenters. The topological polar surface area (TPSA) is 30.5 Å². The van der Waals surface area contributed by atoms with Crippen LogP contribution in [-0.4, -0.2) is 33.4 Å². The molecule has 1 aliphatic rings. The number of aryl methyl sites for hydroxylation is 1. The second-order valence-corrected chi connectivity index (χ2v) is 4.87. The zero-order valence-corrected chi connectivity index (χ0v) is 11.4. The molecule has 1 atom stereocenters. The summed E-state index contributed by atoms with van der Waals surface area (Å²) in [6, 6.07) is 7.04. The summed E-state index contributed by atoms with van der Waals surface area (Å²) in [5, 5.41) is 3.61. The van der Waals surface area contributed by atoms with Crippen molar-refractivity contribution in [2.24, 2.45) is 0 Å². The average molecular weight is 249 g/mol. The third kappa shape index (κ3) is 3.47. The smallest absolute Gasteiger partial charge is 0.119 e. The first-order chi connectivity index (χ1) is 8.83. The normalized spacial score (nSPS) is 18.4. The number of rotatable bonds is 6. The van der Waals surface area contributed by atoms with E-state index >= 15 is 0 Å². The van der Waals surface area contributed by atoms with E-state index in [0.29, 0.717) is 6.04 Å². The van der Waals surface area contributed by atoms with Crippen molar-refractivity contribution in [1.29, 1.82) is 0 Å². The lowest BCUT2D eigenvalue weighted by Crippen LogP contribution is -2.35. The summed E-state index contributed by atoms with van der Waals surface area (Å²) in [6.45, 7) is 1.88. The van der Waals surface area contributed by atoms with E-state index in [1.807, 2.05) is 0 Å². The van der Waals surface area contributed by atoms with Crippen LogP contribution >= 0.6 is 0 Å². The molecule has 18 heavy (non-hydrogen) atoms. The van der Waals surface area contributed by atoms with Gasteiger partial charge in [0.25, 0.3) is 0 Å². The minimum absolute atomic E-state index is 0.599. The average Bonchev–Trinajstić information content (AvgIpc) is 2.42. The highest BCUT2D eigenvalue weighted by Gasteiger charge is 2.18. The number of hydrogen-bond acceptors (Lipinski definition) is 3. The number of fused-ring (bicyclic) bond motifs is 1. The number of methoxy groups -OCH3 is 2. The molecule has 0 fully saturated rings. The van der Waals surface area contributed by atoms with Gasteiger partial charge in [0, 0.05) is 19.8 Å². The fraction of sp³-hybridized carbons (Fsp3) is 0.600. The largest absolute Gasteiger partial charge is 0.497 e. The minimum atomic E-state index is 0.599. The second kappa shape index (κ2) is 6.76. The Morgan fingerprint density at radius 2 is 2.17 bits per heavy atom. The third-order valence-corrected chi connectivity index (χ3v) is 3.60. The maximum absolute atomic E-state index is 5.29. The lowest BCUT2D eigenvalue weighted by atomic mass is 9.88. The van der Waals surface area contributed by atoms with Crippen LogP contribution < -0.4 is 10.1 Å². The van der Waals surface area contributed by atoms with Gasteiger partial charge in [0.1, 0.15) is 5.75 Å². The summed E-state index contributed by atoms with van der Waals surface area (Å²) in [4.78, 5) is 0. The first-order valence-corrected chi connectivity index (χ1v) is 6.71. The molecule has 0 bridgehead atoms. The predicted octanol–water partition coefficient (Wildman–Crippen LogP) is 2.18. The Hall–Kier alpha value is -1.06. The van der Waals surface area contributed by atoms with Gasteiger partial charge in [-0.1, -0.05) is 6.07 Å². The highest BCUT2D eigenvalue weighted by molar-refractivity contribution is 5.37. The molecule has 0 radical (unpaired) electrons. The molecular formula is C15H23NO2. The van der Waals surface area contributed by atoms with Crippen LogP contribution in [0.5, 0.6) is 5.75 Å². The van der Waals surface area contributed by atoms with E-state index in [2.05, 4.69) is 23.5 Å². The molecule has 1 aliphatic carbocycles. The van der Waals surface area contributed by atoms with E-state index in [1.54, 1.807) is 14.2 Å². The molecular weight excluding hydrogens is 226 g/mol. The number of benzene rings is 1. The van der Waals surface area contributed by atoms with E-state index in [1.165, 1.54) is 24.0 Å². The van der Waals surface area contributed by atoms with Crippen molar-refractivity contribution >= 4 is 0 Å². The first kappa shape index (κ1) is 13.4. The Balaban J connectivity index is 1.88. The van der Waals surface area contributed by atoms with E-state index in [9.17, 15) is 0 Å². The lowest BCUT2D eigenvalue weighted by Gasteiger charge is -2.26. The van der Waals surface area contributed by atoms with Crippen LogP contribution in [0.15, 0.2) is 18.2 Å². The monoisotopic (exact) mass is 249 g/mol. The summed E-state index contributed by atoms with van der Waals surface area (Å²) >= 11 is 0. The maximum atomic E-state index is 5.29. The maximum Gasteiger partial charge on any atom is 0.119 e. The molecule has 0 amide bonds. The summed E-state index contributed by atoms with van der Waals surface area (Å²) in [5.41, 5.74) is 2.91. The molecule has 0 spiro atoms. The summed E-state index contributed by atoms with van der Waals surface area (Å²) < 4.78 is 10.4. The molecule has 2 rings (SSSR count). The second-order valence-electron chi connectivity index (χ2n) is 4.87. The van der Waals surface area contributed by atoms with Crippen LogP contribution in [0.3, 0.4) is 0 Å². The quantitative estimate of drug-likeness (QED) is 0.784. The van der Waals surface area contributed by atoms with Gasteiger partial charge in [-0.15, -0.1) is 0 Å². The van der Waals surface area contributed by atoms with Crippen LogP contribution in [0.4, 0.5) is 0 Å². The zero-order valence-electron chi connectivity index (χ0n) is 11.4. The van der Waals surface area contributed by atoms with Crippen molar-refractivity contribution in [2.75, 3.05) is 27.4 Å². The van der Waals surface area contributed by atoms with Gasteiger partial charge >= 0.3 is 0 Å². The summed E-state index contributed by atoms with van der Waals surface area (Å²) in [6.07, 6.45) is 4.59. The van der Waals surface area contributed by atoms with Gasteiger partial charge in [0.2, 0.25) is 0 Å². The predicted molar refractivity (Wildman–Crippen MR) is 73.3 cm³/mol. The van der Waals surface area contributed by atoms with E-state index in [0.717, 1.165) is 31.7 Å². The SMILES string of the molecule is COCCCNC1CCc2ccc(OC)cc2C1. The third-order valence-electron chi connectivity index (χ3n) is 3.60. The summed E-state index contributed by atoms with van der Waals surface area (Å²) in [7, 11) is 3.48. The molecule has 1 N–H and O–H groups in total. The van der Waals surface area contributed by atoms with Crippen LogP contribution in [0.25, 0.3) is 0 Å². The fourth-order valence-corrected chi connectivity index (χ4v) is 2.56. The zero-order chi connectivity index (χ0) is 12.8. The van der Waals surface area contributed by atoms with Crippen LogP contribution in [0.2, 0.25) is 0 Å². The molecule has 3 heteroatoms. The van der Waals surface area contributed by atoms with Gasteiger partial charge in [0.05, 0.1) is 7.11 Å². The van der Waals surface area contributed by atoms with Crippen molar-refractivity contribution in [1.82, 2.24) is 5.32 Å².